The Hall–Kier alpha value is -2.58. The number of hydrogen-bond donors (Lipinski definition) is 4. The number of carbonyl (C=O) groups excluding carboxylic acids is 1. The van der Waals surface area contributed by atoms with Crippen molar-refractivity contribution < 1.29 is 53.9 Å². The molecule has 2 aliphatic carbocycles. The van der Waals surface area contributed by atoms with Gasteiger partial charge in [-0.05, 0) is 79.2 Å². The highest BCUT2D eigenvalue weighted by atomic mass is 35.5. The molecule has 11 nitrogen and oxygen atoms in total. The average Bonchev–Trinajstić information content (AvgIpc) is 3.08. The molecule has 0 aromatic heterocycles. The Balaban J connectivity index is 1.25. The first-order valence-corrected chi connectivity index (χ1v) is 17.1. The minimum atomic E-state index is -1.55. The van der Waals surface area contributed by atoms with Crippen molar-refractivity contribution in [3.63, 3.8) is 0 Å². The summed E-state index contributed by atoms with van der Waals surface area (Å²) in [5.41, 5.74) is 1.25. The minimum absolute atomic E-state index is 0.104. The van der Waals surface area contributed by atoms with E-state index in [0.29, 0.717) is 45.8 Å². The fraction of sp³-hybridized carbons (Fsp3) is 0.583. The summed E-state index contributed by atoms with van der Waals surface area (Å²) >= 11 is 7.21. The van der Waals surface area contributed by atoms with Crippen LogP contribution in [0.25, 0.3) is 6.08 Å². The van der Waals surface area contributed by atoms with Crippen molar-refractivity contribution in [3.05, 3.63) is 64.2 Å². The van der Waals surface area contributed by atoms with Gasteiger partial charge < -0.3 is 39.4 Å². The lowest BCUT2D eigenvalue weighted by Gasteiger charge is -2.65. The largest absolute Gasteiger partial charge is 0.487 e. The number of hydrogen-bond acceptors (Lipinski definition) is 11. The maximum atomic E-state index is 11.3. The molecular formula is C36H45ClO11. The number of benzene rings is 2. The van der Waals surface area contributed by atoms with E-state index in [1.54, 1.807) is 37.5 Å². The van der Waals surface area contributed by atoms with Crippen molar-refractivity contribution in [2.75, 3.05) is 13.7 Å². The number of ether oxygens (including phenoxy) is 4. The van der Waals surface area contributed by atoms with Crippen molar-refractivity contribution in [1.29, 1.82) is 0 Å². The number of methoxy groups -OCH3 is 1. The second-order valence-corrected chi connectivity index (χ2v) is 14.0. The van der Waals surface area contributed by atoms with E-state index in [2.05, 4.69) is 13.8 Å². The van der Waals surface area contributed by atoms with Gasteiger partial charge in [-0.25, -0.2) is 4.89 Å². The molecule has 262 valence electrons. The second-order valence-electron chi connectivity index (χ2n) is 13.6. The Morgan fingerprint density at radius 3 is 2.42 bits per heavy atom. The molecular weight excluding hydrogens is 644 g/mol. The lowest BCUT2D eigenvalue weighted by atomic mass is 9.53. The van der Waals surface area contributed by atoms with Gasteiger partial charge >= 0.3 is 0 Å². The fourth-order valence-corrected chi connectivity index (χ4v) is 8.83. The number of aliphatic hydroxyl groups excluding tert-OH is 4. The van der Waals surface area contributed by atoms with Crippen LogP contribution in [0.5, 0.6) is 11.5 Å². The van der Waals surface area contributed by atoms with Gasteiger partial charge in [0.25, 0.3) is 5.79 Å². The maximum Gasteiger partial charge on any atom is 0.262 e. The van der Waals surface area contributed by atoms with Gasteiger partial charge in [-0.3, -0.25) is 4.79 Å². The number of aliphatic hydroxyl groups is 4. The quantitative estimate of drug-likeness (QED) is 0.152. The smallest absolute Gasteiger partial charge is 0.262 e. The van der Waals surface area contributed by atoms with Gasteiger partial charge in [0.05, 0.1) is 11.6 Å². The van der Waals surface area contributed by atoms with Crippen LogP contribution in [0, 0.1) is 23.7 Å². The van der Waals surface area contributed by atoms with Crippen molar-refractivity contribution in [2.45, 2.75) is 94.7 Å². The number of halogens is 1. The van der Waals surface area contributed by atoms with Gasteiger partial charge in [-0.2, -0.15) is 4.89 Å². The molecule has 2 aromatic rings. The predicted octanol–water partition coefficient (Wildman–Crippen LogP) is 4.29. The van der Waals surface area contributed by atoms with Gasteiger partial charge in [0.15, 0.2) is 5.60 Å². The summed E-state index contributed by atoms with van der Waals surface area (Å²) in [6.45, 7) is 4.03. The van der Waals surface area contributed by atoms with Crippen LogP contribution in [0.4, 0.5) is 0 Å². The molecule has 2 heterocycles. The van der Waals surface area contributed by atoms with Crippen molar-refractivity contribution in [1.82, 2.24) is 0 Å². The van der Waals surface area contributed by atoms with E-state index < -0.39 is 48.7 Å². The molecule has 6 rings (SSSR count). The van der Waals surface area contributed by atoms with Gasteiger partial charge in [-0.1, -0.05) is 56.1 Å². The molecule has 12 heteroatoms. The summed E-state index contributed by atoms with van der Waals surface area (Å²) in [5, 5.41) is 40.2. The standard InChI is InChI=1S/C36H45ClO11/c1-4-24-16-22-14-20(2)15-25(17-22)35(24)36(43-3,48-47-35)27-12-9-23(6-5-13-38)33(29(27)37)44-19-21-7-10-26(11-8-21)45-34-32(42)31(41)30(40)28(18-39)46-34/h5-13,20,22,24-25,28,30-32,34,39-42H,4,14-19H2,1-3H3/b6-5+. The zero-order valence-electron chi connectivity index (χ0n) is 27.4. The molecule has 2 bridgehead atoms. The molecule has 2 aromatic carbocycles. The van der Waals surface area contributed by atoms with Crippen LogP contribution >= 0.6 is 11.6 Å². The van der Waals surface area contributed by atoms with Crippen LogP contribution < -0.4 is 9.47 Å². The van der Waals surface area contributed by atoms with E-state index in [4.69, 9.17) is 40.3 Å². The van der Waals surface area contributed by atoms with E-state index in [1.165, 1.54) is 12.5 Å². The summed E-state index contributed by atoms with van der Waals surface area (Å²) in [6.07, 6.45) is 1.98. The third kappa shape index (κ3) is 5.97. The Labute approximate surface area is 285 Å². The minimum Gasteiger partial charge on any atom is -0.487 e. The Kier molecular flexibility index (Phi) is 10.5. The molecule has 4 N–H and O–H groups in total. The molecule has 2 aliphatic heterocycles. The third-order valence-corrected chi connectivity index (χ3v) is 11.1. The second kappa shape index (κ2) is 14.3. The summed E-state index contributed by atoms with van der Waals surface area (Å²) in [5.74, 6) is 1.10. The highest BCUT2D eigenvalue weighted by Gasteiger charge is 2.74. The molecule has 1 spiro atoms. The maximum absolute atomic E-state index is 11.3. The highest BCUT2D eigenvalue weighted by molar-refractivity contribution is 6.33. The zero-order valence-corrected chi connectivity index (χ0v) is 28.1. The van der Waals surface area contributed by atoms with Crippen molar-refractivity contribution in [2.24, 2.45) is 23.7 Å². The molecule has 4 aliphatic rings. The number of rotatable bonds is 11. The summed E-state index contributed by atoms with van der Waals surface area (Å²) < 4.78 is 23.8. The molecule has 48 heavy (non-hydrogen) atoms. The molecule has 4 fully saturated rings. The third-order valence-electron chi connectivity index (χ3n) is 10.7. The van der Waals surface area contributed by atoms with Crippen LogP contribution in [-0.2, 0) is 36.4 Å². The van der Waals surface area contributed by atoms with Crippen molar-refractivity contribution >= 4 is 24.0 Å². The molecule has 0 amide bonds. The van der Waals surface area contributed by atoms with Crippen molar-refractivity contribution in [3.8, 4) is 11.5 Å². The summed E-state index contributed by atoms with van der Waals surface area (Å²) in [7, 11) is 1.63. The Morgan fingerprint density at radius 2 is 1.77 bits per heavy atom. The number of aldehydes is 1. The van der Waals surface area contributed by atoms with Gasteiger partial charge in [0, 0.05) is 18.2 Å². The summed E-state index contributed by atoms with van der Waals surface area (Å²) in [4.78, 5) is 23.5. The van der Waals surface area contributed by atoms with Crippen LogP contribution in [0.2, 0.25) is 5.02 Å². The van der Waals surface area contributed by atoms with Crippen LogP contribution in [0.3, 0.4) is 0 Å². The molecule has 11 atom stereocenters. The van der Waals surface area contributed by atoms with Gasteiger partial charge in [0.2, 0.25) is 6.29 Å². The zero-order chi connectivity index (χ0) is 34.2. The topological polar surface area (TPSA) is 153 Å². The van der Waals surface area contributed by atoms with E-state index in [0.717, 1.165) is 31.2 Å². The number of allylic oxidation sites excluding steroid dienone is 1. The predicted molar refractivity (Wildman–Crippen MR) is 174 cm³/mol. The average molecular weight is 689 g/mol. The fourth-order valence-electron chi connectivity index (χ4n) is 8.48. The number of carbonyl (C=O) groups is 1. The first kappa shape index (κ1) is 35.3. The van der Waals surface area contributed by atoms with Gasteiger partial charge in [0.1, 0.15) is 48.8 Å². The van der Waals surface area contributed by atoms with E-state index in [1.807, 2.05) is 12.1 Å². The van der Waals surface area contributed by atoms with Gasteiger partial charge in [-0.15, -0.1) is 0 Å². The highest BCUT2D eigenvalue weighted by Crippen LogP contribution is 2.66. The first-order valence-electron chi connectivity index (χ1n) is 16.7. The monoisotopic (exact) mass is 688 g/mol. The molecule has 0 radical (unpaired) electrons. The normalized spacial score (nSPS) is 37.7. The first-order chi connectivity index (χ1) is 23.1. The molecule has 11 unspecified atom stereocenters. The number of fused-ring (bicyclic) bond motifs is 3. The van der Waals surface area contributed by atoms with E-state index in [-0.39, 0.29) is 18.4 Å². The Morgan fingerprint density at radius 1 is 1.00 bits per heavy atom. The van der Waals surface area contributed by atoms with Crippen LogP contribution in [0.15, 0.2) is 42.5 Å². The SMILES string of the molecule is CCC1CC2CC(C)CC(C2)C12OOC2(OC)c1ccc(/C=C/C=O)c(OCc2ccc(OC3OC(CO)C(O)C(O)C3O)cc2)c1Cl. The van der Waals surface area contributed by atoms with E-state index >= 15 is 0 Å². The summed E-state index contributed by atoms with van der Waals surface area (Å²) in [6, 6.07) is 10.5. The van der Waals surface area contributed by atoms with E-state index in [9.17, 15) is 25.2 Å². The Bertz CT molecular complexity index is 1460. The molecule has 2 saturated carbocycles. The van der Waals surface area contributed by atoms with Crippen LogP contribution in [-0.4, -0.2) is 76.7 Å². The lowest BCUT2D eigenvalue weighted by molar-refractivity contribution is -0.642. The van der Waals surface area contributed by atoms with Crippen LogP contribution in [0.1, 0.15) is 62.6 Å². The molecule has 2 saturated heterocycles. The lowest BCUT2D eigenvalue weighted by Crippen LogP contribution is -2.74.